The largest absolute Gasteiger partial charge is 0.473 e. The highest BCUT2D eigenvalue weighted by Gasteiger charge is 2.18. The molecule has 0 aromatic carbocycles. The molecule has 0 radical (unpaired) electrons. The molecular formula is C12H14N2O. The van der Waals surface area contributed by atoms with Gasteiger partial charge in [0.25, 0.3) is 0 Å². The second-order valence-corrected chi connectivity index (χ2v) is 3.94. The molecule has 0 amide bonds. The normalized spacial score (nSPS) is 16.3. The van der Waals surface area contributed by atoms with Gasteiger partial charge in [-0.3, -0.25) is 0 Å². The second-order valence-electron chi connectivity index (χ2n) is 3.94. The first-order chi connectivity index (χ1) is 7.29. The number of aromatic nitrogens is 1. The molecular weight excluding hydrogens is 188 g/mol. The van der Waals surface area contributed by atoms with Crippen LogP contribution in [0.1, 0.15) is 36.9 Å². The maximum atomic E-state index is 8.91. The fourth-order valence-electron chi connectivity index (χ4n) is 1.87. The lowest BCUT2D eigenvalue weighted by Gasteiger charge is -2.13. The first kappa shape index (κ1) is 9.97. The van der Waals surface area contributed by atoms with Gasteiger partial charge in [0.15, 0.2) is 0 Å². The van der Waals surface area contributed by atoms with Crippen molar-refractivity contribution in [3.63, 3.8) is 0 Å². The van der Waals surface area contributed by atoms with Crippen molar-refractivity contribution in [2.24, 2.45) is 0 Å². The zero-order valence-corrected chi connectivity index (χ0v) is 8.86. The van der Waals surface area contributed by atoms with Crippen LogP contribution in [0.15, 0.2) is 12.1 Å². The fourth-order valence-corrected chi connectivity index (χ4v) is 1.87. The summed E-state index contributed by atoms with van der Waals surface area (Å²) >= 11 is 0. The van der Waals surface area contributed by atoms with Gasteiger partial charge in [-0.15, -0.1) is 0 Å². The Kier molecular flexibility index (Phi) is 2.86. The van der Waals surface area contributed by atoms with Gasteiger partial charge < -0.3 is 4.74 Å². The Hall–Kier alpha value is -1.56. The first-order valence-corrected chi connectivity index (χ1v) is 5.34. The van der Waals surface area contributed by atoms with Crippen LogP contribution in [0.5, 0.6) is 5.88 Å². The Balaban J connectivity index is 2.18. The van der Waals surface area contributed by atoms with E-state index in [0.29, 0.717) is 11.4 Å². The van der Waals surface area contributed by atoms with Crippen LogP contribution in [-0.4, -0.2) is 11.1 Å². The Morgan fingerprint density at radius 1 is 1.40 bits per heavy atom. The first-order valence-electron chi connectivity index (χ1n) is 5.34. The van der Waals surface area contributed by atoms with E-state index < -0.39 is 0 Å². The van der Waals surface area contributed by atoms with Crippen LogP contribution >= 0.6 is 0 Å². The Labute approximate surface area is 89.7 Å². The molecule has 2 rings (SSSR count). The summed E-state index contributed by atoms with van der Waals surface area (Å²) in [6.07, 6.45) is 4.86. The molecule has 1 aromatic rings. The quantitative estimate of drug-likeness (QED) is 0.740. The number of hydrogen-bond donors (Lipinski definition) is 0. The molecule has 1 fully saturated rings. The highest BCUT2D eigenvalue weighted by molar-refractivity contribution is 5.38. The van der Waals surface area contributed by atoms with Crippen LogP contribution < -0.4 is 4.74 Å². The summed E-state index contributed by atoms with van der Waals surface area (Å²) in [5.41, 5.74) is 1.43. The van der Waals surface area contributed by atoms with Gasteiger partial charge in [0.2, 0.25) is 5.88 Å². The molecule has 1 aromatic heterocycles. The Morgan fingerprint density at radius 2 is 2.13 bits per heavy atom. The lowest BCUT2D eigenvalue weighted by molar-refractivity contribution is 0.200. The molecule has 0 bridgehead atoms. The summed E-state index contributed by atoms with van der Waals surface area (Å²) in [5.74, 6) is 0.504. The molecule has 0 aliphatic heterocycles. The van der Waals surface area contributed by atoms with Gasteiger partial charge >= 0.3 is 0 Å². The van der Waals surface area contributed by atoms with Crippen LogP contribution in [0.4, 0.5) is 0 Å². The average molecular weight is 202 g/mol. The zero-order chi connectivity index (χ0) is 10.7. The minimum atomic E-state index is 0.256. The summed E-state index contributed by atoms with van der Waals surface area (Å²) in [6.45, 7) is 1.91. The van der Waals surface area contributed by atoms with Gasteiger partial charge in [-0.2, -0.15) is 5.26 Å². The highest BCUT2D eigenvalue weighted by Crippen LogP contribution is 2.25. The average Bonchev–Trinajstić information content (AvgIpc) is 2.71. The Bertz CT molecular complexity index is 389. The fraction of sp³-hybridized carbons (Fsp3) is 0.500. The van der Waals surface area contributed by atoms with E-state index in [1.165, 1.54) is 12.8 Å². The number of pyridine rings is 1. The monoisotopic (exact) mass is 202 g/mol. The number of aryl methyl sites for hydroxylation is 1. The predicted octanol–water partition coefficient (Wildman–Crippen LogP) is 2.58. The number of nitriles is 1. The molecule has 1 saturated carbocycles. The number of rotatable bonds is 2. The van der Waals surface area contributed by atoms with E-state index in [0.717, 1.165) is 18.5 Å². The second kappa shape index (κ2) is 4.31. The van der Waals surface area contributed by atoms with Gasteiger partial charge in [0.05, 0.1) is 0 Å². The molecule has 1 aliphatic carbocycles. The summed E-state index contributed by atoms with van der Waals surface area (Å²) in [5, 5.41) is 8.91. The lowest BCUT2D eigenvalue weighted by Crippen LogP contribution is -2.13. The van der Waals surface area contributed by atoms with E-state index in [1.54, 1.807) is 6.07 Å². The molecule has 0 atom stereocenters. The van der Waals surface area contributed by atoms with Crippen LogP contribution in [0.2, 0.25) is 0 Å². The number of ether oxygens (including phenoxy) is 1. The van der Waals surface area contributed by atoms with Gasteiger partial charge in [-0.1, -0.05) is 0 Å². The molecule has 78 valence electrons. The van der Waals surface area contributed by atoms with Crippen LogP contribution in [0, 0.1) is 18.3 Å². The van der Waals surface area contributed by atoms with Crippen molar-refractivity contribution in [2.75, 3.05) is 0 Å². The van der Waals surface area contributed by atoms with E-state index in [4.69, 9.17) is 10.00 Å². The van der Waals surface area contributed by atoms with Crippen molar-refractivity contribution >= 4 is 0 Å². The zero-order valence-electron chi connectivity index (χ0n) is 8.86. The summed E-state index contributed by atoms with van der Waals surface area (Å²) in [7, 11) is 0. The summed E-state index contributed by atoms with van der Waals surface area (Å²) in [4.78, 5) is 4.26. The number of nitrogens with zero attached hydrogens (tertiary/aromatic N) is 2. The summed E-state index contributed by atoms with van der Waals surface area (Å²) in [6, 6.07) is 5.71. The summed E-state index contributed by atoms with van der Waals surface area (Å²) < 4.78 is 5.74. The molecule has 0 spiro atoms. The van der Waals surface area contributed by atoms with Crippen molar-refractivity contribution in [1.82, 2.24) is 4.98 Å². The molecule has 0 unspecified atom stereocenters. The SMILES string of the molecule is Cc1ccc(C#N)c(OC2CCCC2)n1. The minimum absolute atomic E-state index is 0.256. The molecule has 15 heavy (non-hydrogen) atoms. The maximum Gasteiger partial charge on any atom is 0.232 e. The van der Waals surface area contributed by atoms with Gasteiger partial charge in [0.1, 0.15) is 17.7 Å². The van der Waals surface area contributed by atoms with Crippen LogP contribution in [-0.2, 0) is 0 Å². The topological polar surface area (TPSA) is 45.9 Å². The van der Waals surface area contributed by atoms with Crippen molar-refractivity contribution in [1.29, 1.82) is 5.26 Å². The smallest absolute Gasteiger partial charge is 0.232 e. The molecule has 0 saturated heterocycles. The van der Waals surface area contributed by atoms with Crippen molar-refractivity contribution in [3.8, 4) is 11.9 Å². The third-order valence-corrected chi connectivity index (χ3v) is 2.70. The van der Waals surface area contributed by atoms with E-state index in [1.807, 2.05) is 13.0 Å². The van der Waals surface area contributed by atoms with Gasteiger partial charge in [-0.25, -0.2) is 4.98 Å². The number of hydrogen-bond acceptors (Lipinski definition) is 3. The predicted molar refractivity (Wildman–Crippen MR) is 56.6 cm³/mol. The van der Waals surface area contributed by atoms with Gasteiger partial charge in [0, 0.05) is 5.69 Å². The molecule has 1 aliphatic rings. The molecule has 3 nitrogen and oxygen atoms in total. The van der Waals surface area contributed by atoms with E-state index in [-0.39, 0.29) is 6.10 Å². The van der Waals surface area contributed by atoms with Crippen LogP contribution in [0.3, 0.4) is 0 Å². The van der Waals surface area contributed by atoms with E-state index in [9.17, 15) is 0 Å². The standard InChI is InChI=1S/C12H14N2O/c1-9-6-7-10(8-13)12(14-9)15-11-4-2-3-5-11/h6-7,11H,2-5H2,1H3. The molecule has 1 heterocycles. The third kappa shape index (κ3) is 2.27. The maximum absolute atomic E-state index is 8.91. The van der Waals surface area contributed by atoms with E-state index in [2.05, 4.69) is 11.1 Å². The molecule has 3 heteroatoms. The van der Waals surface area contributed by atoms with E-state index >= 15 is 0 Å². The molecule has 0 N–H and O–H groups in total. The third-order valence-electron chi connectivity index (χ3n) is 2.70. The van der Waals surface area contributed by atoms with Crippen molar-refractivity contribution in [2.45, 2.75) is 38.7 Å². The lowest BCUT2D eigenvalue weighted by atomic mass is 10.2. The van der Waals surface area contributed by atoms with Crippen molar-refractivity contribution < 1.29 is 4.74 Å². The Morgan fingerprint density at radius 3 is 2.80 bits per heavy atom. The minimum Gasteiger partial charge on any atom is -0.473 e. The van der Waals surface area contributed by atoms with Crippen LogP contribution in [0.25, 0.3) is 0 Å². The van der Waals surface area contributed by atoms with Gasteiger partial charge in [-0.05, 0) is 44.7 Å². The highest BCUT2D eigenvalue weighted by atomic mass is 16.5. The van der Waals surface area contributed by atoms with Crippen molar-refractivity contribution in [3.05, 3.63) is 23.4 Å².